The van der Waals surface area contributed by atoms with Gasteiger partial charge in [-0.1, -0.05) is 30.3 Å². The highest BCUT2D eigenvalue weighted by molar-refractivity contribution is 7.87. The van der Waals surface area contributed by atoms with Gasteiger partial charge in [0.15, 0.2) is 11.5 Å². The maximum Gasteiger partial charge on any atom is 0.310 e. The molecule has 0 aliphatic carbocycles. The van der Waals surface area contributed by atoms with Crippen LogP contribution in [0, 0.1) is 0 Å². The summed E-state index contributed by atoms with van der Waals surface area (Å²) in [7, 11) is -1.78. The summed E-state index contributed by atoms with van der Waals surface area (Å²) < 4.78 is 40.7. The first-order valence-electron chi connectivity index (χ1n) is 8.06. The number of benzene rings is 2. The average Bonchev–Trinajstić information content (AvgIpc) is 2.60. The fraction of sp³-hybridized carbons (Fsp3) is 0.333. The molecule has 0 amide bonds. The minimum absolute atomic E-state index is 0.0947. The van der Waals surface area contributed by atoms with E-state index in [1.165, 1.54) is 0 Å². The highest BCUT2D eigenvalue weighted by atomic mass is 32.2. The molecule has 0 N–H and O–H groups in total. The van der Waals surface area contributed by atoms with Gasteiger partial charge in [0, 0.05) is 13.1 Å². The zero-order valence-electron chi connectivity index (χ0n) is 14.0. The van der Waals surface area contributed by atoms with Crippen LogP contribution in [0.15, 0.2) is 54.6 Å². The average molecular weight is 363 g/mol. The van der Waals surface area contributed by atoms with E-state index in [4.69, 9.17) is 13.7 Å². The molecule has 7 heteroatoms. The molecule has 134 valence electrons. The standard InChI is InChI=1S/C18H21NO5S/c1-19(11-12-25(20,21)24-15-7-3-2-4-8-15)13-16-14-22-17-9-5-6-10-18(17)23-16/h2-10,16H,11-14H2,1H3/t16-/m0/s1. The highest BCUT2D eigenvalue weighted by Gasteiger charge is 2.23. The molecule has 1 aliphatic heterocycles. The van der Waals surface area contributed by atoms with Gasteiger partial charge in [-0.15, -0.1) is 0 Å². The molecule has 0 spiro atoms. The molecular formula is C18H21NO5S. The lowest BCUT2D eigenvalue weighted by atomic mass is 10.2. The normalized spacial score (nSPS) is 16.6. The second-order valence-electron chi connectivity index (χ2n) is 5.92. The lowest BCUT2D eigenvalue weighted by Gasteiger charge is -2.29. The van der Waals surface area contributed by atoms with Crippen molar-refractivity contribution in [3.05, 3.63) is 54.6 Å². The number of hydrogen-bond donors (Lipinski definition) is 0. The molecule has 1 atom stereocenters. The molecule has 25 heavy (non-hydrogen) atoms. The quantitative estimate of drug-likeness (QED) is 0.703. The van der Waals surface area contributed by atoms with Crippen molar-refractivity contribution in [1.29, 1.82) is 0 Å². The molecule has 1 heterocycles. The van der Waals surface area contributed by atoms with Crippen molar-refractivity contribution in [2.45, 2.75) is 6.10 Å². The first-order chi connectivity index (χ1) is 12.0. The molecule has 1 aliphatic rings. The van der Waals surface area contributed by atoms with Crippen molar-refractivity contribution < 1.29 is 22.1 Å². The van der Waals surface area contributed by atoms with Crippen LogP contribution in [0.5, 0.6) is 17.2 Å². The van der Waals surface area contributed by atoms with Crippen molar-refractivity contribution in [1.82, 2.24) is 4.90 Å². The Morgan fingerprint density at radius 3 is 2.52 bits per heavy atom. The maximum atomic E-state index is 12.1. The van der Waals surface area contributed by atoms with E-state index in [0.717, 1.165) is 5.75 Å². The Balaban J connectivity index is 1.47. The molecule has 0 unspecified atom stereocenters. The number of para-hydroxylation sites is 3. The van der Waals surface area contributed by atoms with Crippen LogP contribution in [-0.4, -0.2) is 51.9 Å². The van der Waals surface area contributed by atoms with Crippen molar-refractivity contribution in [3.8, 4) is 17.2 Å². The Hall–Kier alpha value is -2.25. The van der Waals surface area contributed by atoms with Gasteiger partial charge in [-0.3, -0.25) is 0 Å². The third-order valence-electron chi connectivity index (χ3n) is 3.77. The number of rotatable bonds is 7. The number of ether oxygens (including phenoxy) is 2. The van der Waals surface area contributed by atoms with Crippen LogP contribution in [0.2, 0.25) is 0 Å². The number of hydrogen-bond acceptors (Lipinski definition) is 6. The maximum absolute atomic E-state index is 12.1. The summed E-state index contributed by atoms with van der Waals surface area (Å²) in [6.45, 7) is 1.35. The SMILES string of the molecule is CN(CCS(=O)(=O)Oc1ccccc1)C[C@H]1COc2ccccc2O1. The van der Waals surface area contributed by atoms with Gasteiger partial charge in [0.1, 0.15) is 18.5 Å². The Kier molecular flexibility index (Phi) is 5.45. The third-order valence-corrected chi connectivity index (χ3v) is 4.90. The Labute approximate surface area is 148 Å². The van der Waals surface area contributed by atoms with Crippen LogP contribution in [0.25, 0.3) is 0 Å². The van der Waals surface area contributed by atoms with E-state index >= 15 is 0 Å². The van der Waals surface area contributed by atoms with E-state index in [2.05, 4.69) is 0 Å². The molecular weight excluding hydrogens is 342 g/mol. The van der Waals surface area contributed by atoms with Gasteiger partial charge < -0.3 is 18.6 Å². The Morgan fingerprint density at radius 2 is 1.76 bits per heavy atom. The van der Waals surface area contributed by atoms with Crippen LogP contribution < -0.4 is 13.7 Å². The van der Waals surface area contributed by atoms with Gasteiger partial charge in [0.05, 0.1) is 5.75 Å². The summed E-state index contributed by atoms with van der Waals surface area (Å²) in [5, 5.41) is 0. The predicted molar refractivity (Wildman–Crippen MR) is 94.7 cm³/mol. The molecule has 6 nitrogen and oxygen atoms in total. The van der Waals surface area contributed by atoms with Crippen LogP contribution in [0.3, 0.4) is 0 Å². The fourth-order valence-electron chi connectivity index (χ4n) is 2.52. The van der Waals surface area contributed by atoms with E-state index in [1.807, 2.05) is 36.2 Å². The topological polar surface area (TPSA) is 65.1 Å². The second kappa shape index (κ2) is 7.76. The fourth-order valence-corrected chi connectivity index (χ4v) is 3.55. The molecule has 0 aromatic heterocycles. The zero-order valence-corrected chi connectivity index (χ0v) is 14.8. The Bertz CT molecular complexity index is 794. The predicted octanol–water partition coefficient (Wildman–Crippen LogP) is 2.17. The summed E-state index contributed by atoms with van der Waals surface area (Å²) >= 11 is 0. The lowest BCUT2D eigenvalue weighted by molar-refractivity contribution is 0.0668. The van der Waals surface area contributed by atoms with Gasteiger partial charge in [0.2, 0.25) is 0 Å². The molecule has 3 rings (SSSR count). The summed E-state index contributed by atoms with van der Waals surface area (Å²) in [6, 6.07) is 16.0. The van der Waals surface area contributed by atoms with Gasteiger partial charge in [-0.05, 0) is 31.3 Å². The van der Waals surface area contributed by atoms with Gasteiger partial charge >= 0.3 is 10.1 Å². The number of nitrogens with zero attached hydrogens (tertiary/aromatic N) is 1. The van der Waals surface area contributed by atoms with Crippen LogP contribution in [0.1, 0.15) is 0 Å². The van der Waals surface area contributed by atoms with E-state index in [0.29, 0.717) is 31.2 Å². The van der Waals surface area contributed by atoms with Gasteiger partial charge in [0.25, 0.3) is 0 Å². The lowest BCUT2D eigenvalue weighted by Crippen LogP contribution is -2.41. The van der Waals surface area contributed by atoms with Gasteiger partial charge in [-0.2, -0.15) is 8.42 Å². The van der Waals surface area contributed by atoms with E-state index in [9.17, 15) is 8.42 Å². The molecule has 0 saturated heterocycles. The van der Waals surface area contributed by atoms with Crippen LogP contribution in [0.4, 0.5) is 0 Å². The summed E-state index contributed by atoms with van der Waals surface area (Å²) in [5.41, 5.74) is 0. The first kappa shape index (κ1) is 17.6. The minimum atomic E-state index is -3.63. The third kappa shape index (κ3) is 5.11. The zero-order chi connectivity index (χ0) is 17.7. The summed E-state index contributed by atoms with van der Waals surface area (Å²) in [5.74, 6) is 1.68. The molecule has 2 aromatic carbocycles. The van der Waals surface area contributed by atoms with Crippen LogP contribution in [-0.2, 0) is 10.1 Å². The highest BCUT2D eigenvalue weighted by Crippen LogP contribution is 2.30. The van der Waals surface area contributed by atoms with Crippen molar-refractivity contribution in [3.63, 3.8) is 0 Å². The molecule has 0 fully saturated rings. The van der Waals surface area contributed by atoms with Crippen molar-refractivity contribution >= 4 is 10.1 Å². The largest absolute Gasteiger partial charge is 0.486 e. The molecule has 0 saturated carbocycles. The number of likely N-dealkylation sites (N-methyl/N-ethyl adjacent to an activating group) is 1. The van der Waals surface area contributed by atoms with E-state index in [1.54, 1.807) is 30.3 Å². The summed E-state index contributed by atoms with van der Waals surface area (Å²) in [6.07, 6.45) is -0.141. The van der Waals surface area contributed by atoms with Gasteiger partial charge in [-0.25, -0.2) is 0 Å². The monoisotopic (exact) mass is 363 g/mol. The van der Waals surface area contributed by atoms with Crippen molar-refractivity contribution in [2.75, 3.05) is 32.5 Å². The molecule has 0 radical (unpaired) electrons. The van der Waals surface area contributed by atoms with Crippen LogP contribution >= 0.6 is 0 Å². The smallest absolute Gasteiger partial charge is 0.310 e. The minimum Gasteiger partial charge on any atom is -0.486 e. The molecule has 2 aromatic rings. The number of fused-ring (bicyclic) bond motifs is 1. The second-order valence-corrected chi connectivity index (χ2v) is 7.61. The molecule has 0 bridgehead atoms. The summed E-state index contributed by atoms with van der Waals surface area (Å²) in [4.78, 5) is 1.90. The van der Waals surface area contributed by atoms with Crippen molar-refractivity contribution in [2.24, 2.45) is 0 Å². The van der Waals surface area contributed by atoms with E-state index < -0.39 is 10.1 Å². The van der Waals surface area contributed by atoms with E-state index in [-0.39, 0.29) is 11.9 Å². The Morgan fingerprint density at radius 1 is 1.08 bits per heavy atom. The first-order valence-corrected chi connectivity index (χ1v) is 9.64.